The summed E-state index contributed by atoms with van der Waals surface area (Å²) in [6.07, 6.45) is 3.99. The van der Waals surface area contributed by atoms with E-state index < -0.39 is 35.1 Å². The second-order valence-corrected chi connectivity index (χ2v) is 6.82. The lowest BCUT2D eigenvalue weighted by Crippen LogP contribution is -2.48. The predicted octanol–water partition coefficient (Wildman–Crippen LogP) is 2.81. The van der Waals surface area contributed by atoms with Crippen LogP contribution in [0.15, 0.2) is 18.2 Å². The molecule has 1 fully saturated rings. The maximum atomic E-state index is 12.0. The number of carbonyl (C=O) groups excluding carboxylic acids is 3. The number of nitro benzene ring substituents is 1. The van der Waals surface area contributed by atoms with Crippen molar-refractivity contribution in [3.05, 3.63) is 38.9 Å². The monoisotopic (exact) mass is 397 g/mol. The molecule has 27 heavy (non-hydrogen) atoms. The minimum atomic E-state index is -1.06. The highest BCUT2D eigenvalue weighted by Gasteiger charge is 2.25. The highest BCUT2D eigenvalue weighted by molar-refractivity contribution is 6.31. The molecule has 0 aliphatic heterocycles. The van der Waals surface area contributed by atoms with E-state index >= 15 is 0 Å². The fourth-order valence-corrected chi connectivity index (χ4v) is 3.10. The van der Waals surface area contributed by atoms with Gasteiger partial charge in [-0.3, -0.25) is 20.2 Å². The van der Waals surface area contributed by atoms with Crippen LogP contribution >= 0.6 is 11.6 Å². The molecule has 1 saturated carbocycles. The number of nitrogens with zero attached hydrogens (tertiary/aromatic N) is 1. The molecule has 1 aromatic carbocycles. The van der Waals surface area contributed by atoms with Gasteiger partial charge in [-0.2, -0.15) is 0 Å². The van der Waals surface area contributed by atoms with E-state index in [1.807, 2.05) is 6.92 Å². The molecule has 10 heteroatoms. The van der Waals surface area contributed by atoms with Crippen molar-refractivity contribution in [1.29, 1.82) is 0 Å². The van der Waals surface area contributed by atoms with E-state index in [1.165, 1.54) is 6.07 Å². The van der Waals surface area contributed by atoms with Gasteiger partial charge < -0.3 is 10.1 Å². The molecule has 146 valence electrons. The van der Waals surface area contributed by atoms with Crippen molar-refractivity contribution in [3.63, 3.8) is 0 Å². The summed E-state index contributed by atoms with van der Waals surface area (Å²) in [5.41, 5.74) is -0.866. The molecule has 1 aliphatic carbocycles. The van der Waals surface area contributed by atoms with E-state index in [2.05, 4.69) is 10.6 Å². The average Bonchev–Trinajstić information content (AvgIpc) is 2.61. The maximum Gasteiger partial charge on any atom is 0.345 e. The van der Waals surface area contributed by atoms with Gasteiger partial charge in [0.25, 0.3) is 11.6 Å². The number of esters is 1. The summed E-state index contributed by atoms with van der Waals surface area (Å²) in [6, 6.07) is 2.77. The van der Waals surface area contributed by atoms with Crippen LogP contribution < -0.4 is 10.6 Å². The van der Waals surface area contributed by atoms with Gasteiger partial charge in [0.1, 0.15) is 5.56 Å². The van der Waals surface area contributed by atoms with Crippen LogP contribution in [0.25, 0.3) is 0 Å². The number of nitrogens with one attached hydrogen (secondary N) is 2. The third-order valence-electron chi connectivity index (χ3n) is 4.39. The number of benzene rings is 1. The zero-order valence-corrected chi connectivity index (χ0v) is 15.5. The Morgan fingerprint density at radius 3 is 2.67 bits per heavy atom. The molecular weight excluding hydrogens is 378 g/mol. The fourth-order valence-electron chi connectivity index (χ4n) is 2.94. The molecule has 0 spiro atoms. The summed E-state index contributed by atoms with van der Waals surface area (Å²) in [7, 11) is 0. The first-order chi connectivity index (χ1) is 12.8. The molecule has 1 aromatic rings. The van der Waals surface area contributed by atoms with Crippen molar-refractivity contribution in [2.75, 3.05) is 6.61 Å². The third-order valence-corrected chi connectivity index (χ3v) is 4.63. The minimum Gasteiger partial charge on any atom is -0.452 e. The Morgan fingerprint density at radius 1 is 1.30 bits per heavy atom. The van der Waals surface area contributed by atoms with Crippen LogP contribution in [-0.4, -0.2) is 35.5 Å². The van der Waals surface area contributed by atoms with Crippen LogP contribution in [0.3, 0.4) is 0 Å². The lowest BCUT2D eigenvalue weighted by Gasteiger charge is -2.29. The van der Waals surface area contributed by atoms with Crippen molar-refractivity contribution >= 4 is 35.2 Å². The van der Waals surface area contributed by atoms with Crippen molar-refractivity contribution in [3.8, 4) is 0 Å². The highest BCUT2D eigenvalue weighted by atomic mass is 35.5. The Balaban J connectivity index is 1.85. The number of hydrogen-bond acceptors (Lipinski definition) is 6. The topological polar surface area (TPSA) is 128 Å². The normalized spacial score (nSPS) is 19.0. The number of ether oxygens (including phenoxy) is 1. The standard InChI is InChI=1S/C17H20ClN3O6/c1-10-4-2-3-5-13(10)19-17(24)20-15(22)9-27-16(23)12-7-6-11(18)8-14(12)21(25)26/h6-8,10,13H,2-5,9H2,1H3,(H2,19,20,22,24)/t10-,13-/m1/s1. The molecule has 0 heterocycles. The summed E-state index contributed by atoms with van der Waals surface area (Å²) in [4.78, 5) is 45.8. The SMILES string of the molecule is C[C@@H]1CCCC[C@H]1NC(=O)NC(=O)COC(=O)c1ccc(Cl)cc1[N+](=O)[O-]. The molecule has 3 amide bonds. The van der Waals surface area contributed by atoms with Gasteiger partial charge in [-0.05, 0) is 30.9 Å². The number of hydrogen-bond donors (Lipinski definition) is 2. The Morgan fingerprint density at radius 2 is 2.00 bits per heavy atom. The predicted molar refractivity (Wildman–Crippen MR) is 96.5 cm³/mol. The first-order valence-corrected chi connectivity index (χ1v) is 8.87. The summed E-state index contributed by atoms with van der Waals surface area (Å²) < 4.78 is 4.75. The number of urea groups is 1. The van der Waals surface area contributed by atoms with E-state index in [9.17, 15) is 24.5 Å². The van der Waals surface area contributed by atoms with Gasteiger partial charge in [0.2, 0.25) is 0 Å². The lowest BCUT2D eigenvalue weighted by atomic mass is 9.86. The molecule has 1 aliphatic rings. The lowest BCUT2D eigenvalue weighted by molar-refractivity contribution is -0.385. The number of rotatable bonds is 5. The first-order valence-electron chi connectivity index (χ1n) is 8.49. The Labute approximate surface area is 160 Å². The van der Waals surface area contributed by atoms with Crippen molar-refractivity contribution in [2.24, 2.45) is 5.92 Å². The first kappa shape index (κ1) is 20.6. The smallest absolute Gasteiger partial charge is 0.345 e. The van der Waals surface area contributed by atoms with E-state index in [0.29, 0.717) is 5.92 Å². The molecular formula is C17H20ClN3O6. The largest absolute Gasteiger partial charge is 0.452 e. The molecule has 0 aromatic heterocycles. The molecule has 0 unspecified atom stereocenters. The minimum absolute atomic E-state index is 0.00850. The van der Waals surface area contributed by atoms with Gasteiger partial charge in [-0.15, -0.1) is 0 Å². The number of halogens is 1. The van der Waals surface area contributed by atoms with Crippen LogP contribution in [-0.2, 0) is 9.53 Å². The van der Waals surface area contributed by atoms with E-state index in [0.717, 1.165) is 37.8 Å². The van der Waals surface area contributed by atoms with Crippen LogP contribution in [0.2, 0.25) is 5.02 Å². The molecule has 9 nitrogen and oxygen atoms in total. The second kappa shape index (κ2) is 9.31. The zero-order chi connectivity index (χ0) is 20.0. The van der Waals surface area contributed by atoms with Gasteiger partial charge in [0.15, 0.2) is 6.61 Å². The molecule has 0 bridgehead atoms. The maximum absolute atomic E-state index is 12.0. The van der Waals surface area contributed by atoms with Gasteiger partial charge in [0, 0.05) is 17.1 Å². The number of imide groups is 1. The zero-order valence-electron chi connectivity index (χ0n) is 14.7. The Bertz CT molecular complexity index is 754. The van der Waals surface area contributed by atoms with Gasteiger partial charge >= 0.3 is 12.0 Å². The van der Waals surface area contributed by atoms with Crippen molar-refractivity contribution in [2.45, 2.75) is 38.6 Å². The van der Waals surface area contributed by atoms with Crippen molar-refractivity contribution in [1.82, 2.24) is 10.6 Å². The van der Waals surface area contributed by atoms with Gasteiger partial charge in [-0.1, -0.05) is 31.4 Å². The third kappa shape index (κ3) is 5.92. The Hall–Kier alpha value is -2.68. The van der Waals surface area contributed by atoms with Gasteiger partial charge in [-0.25, -0.2) is 9.59 Å². The van der Waals surface area contributed by atoms with E-state index in [1.54, 1.807) is 0 Å². The van der Waals surface area contributed by atoms with Crippen LogP contribution in [0.1, 0.15) is 43.0 Å². The number of amides is 3. The molecule has 2 atom stereocenters. The quantitative estimate of drug-likeness (QED) is 0.446. The van der Waals surface area contributed by atoms with Gasteiger partial charge in [0.05, 0.1) is 4.92 Å². The number of carbonyl (C=O) groups is 3. The van der Waals surface area contributed by atoms with Crippen LogP contribution in [0.5, 0.6) is 0 Å². The summed E-state index contributed by atoms with van der Waals surface area (Å²) in [5.74, 6) is -1.57. The van der Waals surface area contributed by atoms with E-state index in [-0.39, 0.29) is 16.6 Å². The highest BCUT2D eigenvalue weighted by Crippen LogP contribution is 2.24. The van der Waals surface area contributed by atoms with E-state index in [4.69, 9.17) is 16.3 Å². The number of nitro groups is 1. The molecule has 0 saturated heterocycles. The molecule has 2 rings (SSSR count). The van der Waals surface area contributed by atoms with Crippen molar-refractivity contribution < 1.29 is 24.0 Å². The molecule has 2 N–H and O–H groups in total. The summed E-state index contributed by atoms with van der Waals surface area (Å²) >= 11 is 5.68. The fraction of sp³-hybridized carbons (Fsp3) is 0.471. The van der Waals surface area contributed by atoms with Crippen LogP contribution in [0, 0.1) is 16.0 Å². The van der Waals surface area contributed by atoms with Crippen LogP contribution in [0.4, 0.5) is 10.5 Å². The summed E-state index contributed by atoms with van der Waals surface area (Å²) in [6.45, 7) is 1.29. The molecule has 0 radical (unpaired) electrons. The second-order valence-electron chi connectivity index (χ2n) is 6.38. The summed E-state index contributed by atoms with van der Waals surface area (Å²) in [5, 5.41) is 15.9. The average molecular weight is 398 g/mol. The Kier molecular flexibility index (Phi) is 7.12.